The second-order valence-electron chi connectivity index (χ2n) is 5.47. The van der Waals surface area contributed by atoms with Gasteiger partial charge in [-0.25, -0.2) is 0 Å². The zero-order valence-electron chi connectivity index (χ0n) is 12.8. The van der Waals surface area contributed by atoms with Crippen molar-refractivity contribution in [3.8, 4) is 0 Å². The molecule has 0 radical (unpaired) electrons. The minimum atomic E-state index is -4.28. The van der Waals surface area contributed by atoms with Gasteiger partial charge in [-0.15, -0.1) is 0 Å². The van der Waals surface area contributed by atoms with E-state index in [0.717, 1.165) is 0 Å². The highest BCUT2D eigenvalue weighted by atomic mass is 31.1. The Balaban J connectivity index is 2.33. The molecule has 3 aromatic carbocycles. The molecular weight excluding hydrogens is 328 g/mol. The monoisotopic (exact) mass is 344 g/mol. The molecule has 0 bridgehead atoms. The molecule has 24 heavy (non-hydrogen) atoms. The number of benzene rings is 3. The molecule has 4 heteroatoms. The molecule has 0 aliphatic rings. The lowest BCUT2D eigenvalue weighted by Crippen LogP contribution is -2.27. The van der Waals surface area contributed by atoms with Crippen molar-refractivity contribution in [1.82, 2.24) is 0 Å². The summed E-state index contributed by atoms with van der Waals surface area (Å²) in [6.45, 7) is 0. The van der Waals surface area contributed by atoms with Crippen LogP contribution in [0.15, 0.2) is 91.0 Å². The van der Waals surface area contributed by atoms with Crippen molar-refractivity contribution in [2.75, 3.05) is 0 Å². The third-order valence-electron chi connectivity index (χ3n) is 3.95. The lowest BCUT2D eigenvalue weighted by molar-refractivity contribution is -0.0383. The van der Waals surface area contributed by atoms with Crippen LogP contribution in [0.2, 0.25) is 0 Å². The minimum Gasteiger partial charge on any atom is -0.167 e. The normalized spacial score (nSPS) is 12.6. The summed E-state index contributed by atoms with van der Waals surface area (Å²) in [5, 5.41) is -1.23. The number of hydrogen-bond acceptors (Lipinski definition) is 0. The summed E-state index contributed by atoms with van der Waals surface area (Å²) in [6, 6.07) is 26.9. The van der Waals surface area contributed by atoms with Crippen molar-refractivity contribution < 1.29 is 13.2 Å². The van der Waals surface area contributed by atoms with Crippen molar-refractivity contribution in [2.24, 2.45) is 0 Å². The maximum absolute atomic E-state index is 13.6. The van der Waals surface area contributed by atoms with Crippen LogP contribution >= 0.6 is 8.58 Å². The molecule has 0 amide bonds. The maximum atomic E-state index is 13.6. The Morgan fingerprint density at radius 3 is 1.04 bits per heavy atom. The van der Waals surface area contributed by atoms with Crippen LogP contribution in [0.1, 0.15) is 16.7 Å². The van der Waals surface area contributed by atoms with Gasteiger partial charge >= 0.3 is 5.92 Å². The maximum Gasteiger partial charge on any atom is 0.403 e. The lowest BCUT2D eigenvalue weighted by Gasteiger charge is -2.36. The van der Waals surface area contributed by atoms with Crippen molar-refractivity contribution in [1.29, 1.82) is 0 Å². The Kier molecular flexibility index (Phi) is 4.73. The van der Waals surface area contributed by atoms with Crippen LogP contribution in [0.5, 0.6) is 0 Å². The van der Waals surface area contributed by atoms with E-state index in [1.807, 2.05) is 18.2 Å². The molecule has 0 spiro atoms. The molecule has 0 saturated heterocycles. The van der Waals surface area contributed by atoms with Gasteiger partial charge in [0.05, 0.1) is 5.16 Å². The highest BCUT2D eigenvalue weighted by Gasteiger charge is 2.46. The fourth-order valence-electron chi connectivity index (χ4n) is 2.99. The van der Waals surface area contributed by atoms with Crippen LogP contribution in [-0.4, -0.2) is 5.92 Å². The van der Waals surface area contributed by atoms with Crippen molar-refractivity contribution >= 4 is 8.58 Å². The van der Waals surface area contributed by atoms with Gasteiger partial charge in [-0.1, -0.05) is 91.0 Å². The average molecular weight is 344 g/mol. The van der Waals surface area contributed by atoms with Crippen molar-refractivity contribution in [2.45, 2.75) is 11.1 Å². The van der Waals surface area contributed by atoms with Gasteiger partial charge in [0.25, 0.3) is 0 Å². The molecule has 0 heterocycles. The first-order valence-corrected chi connectivity index (χ1v) is 8.55. The van der Waals surface area contributed by atoms with Crippen LogP contribution < -0.4 is 0 Å². The van der Waals surface area contributed by atoms with Gasteiger partial charge in [0.15, 0.2) is 0 Å². The molecule has 1 atom stereocenters. The van der Waals surface area contributed by atoms with Crippen LogP contribution in [0, 0.1) is 0 Å². The van der Waals surface area contributed by atoms with Gasteiger partial charge in [0.1, 0.15) is 0 Å². The largest absolute Gasteiger partial charge is 0.403 e. The molecule has 3 rings (SSSR count). The number of hydrogen-bond donors (Lipinski definition) is 0. The van der Waals surface area contributed by atoms with E-state index in [4.69, 9.17) is 0 Å². The van der Waals surface area contributed by atoms with E-state index in [1.54, 1.807) is 72.8 Å². The lowest BCUT2D eigenvalue weighted by atomic mass is 9.84. The van der Waals surface area contributed by atoms with Gasteiger partial charge in [-0.2, -0.15) is 13.2 Å². The third kappa shape index (κ3) is 3.37. The second-order valence-corrected chi connectivity index (χ2v) is 7.04. The minimum absolute atomic E-state index is 0.651. The summed E-state index contributed by atoms with van der Waals surface area (Å²) in [4.78, 5) is 0. The summed E-state index contributed by atoms with van der Waals surface area (Å²) >= 11 is 0. The average Bonchev–Trinajstić information content (AvgIpc) is 2.61. The van der Waals surface area contributed by atoms with Gasteiger partial charge < -0.3 is 0 Å². The van der Waals surface area contributed by atoms with Crippen LogP contribution in [0.4, 0.5) is 13.2 Å². The highest BCUT2D eigenvalue weighted by molar-refractivity contribution is 7.41. The summed E-state index contributed by atoms with van der Waals surface area (Å²) in [6.07, 6.45) is 0. The first kappa shape index (κ1) is 16.7. The predicted octanol–water partition coefficient (Wildman–Crippen LogP) is 6.18. The number of alkyl halides is 3. The Labute approximate surface area is 141 Å². The molecule has 0 aliphatic carbocycles. The van der Waals surface area contributed by atoms with Crippen molar-refractivity contribution in [3.63, 3.8) is 0 Å². The summed E-state index contributed by atoms with van der Waals surface area (Å²) < 4.78 is 40.9. The van der Waals surface area contributed by atoms with Gasteiger partial charge in [-0.3, -0.25) is 0 Å². The molecular formula is C20H16F3P. The van der Waals surface area contributed by atoms with Crippen molar-refractivity contribution in [3.05, 3.63) is 108 Å². The molecule has 1 unspecified atom stereocenters. The Hall–Kier alpha value is -2.12. The zero-order valence-corrected chi connectivity index (χ0v) is 13.8. The Morgan fingerprint density at radius 2 is 0.792 bits per heavy atom. The summed E-state index contributed by atoms with van der Waals surface area (Å²) in [5.74, 6) is -4.28. The van der Waals surface area contributed by atoms with E-state index >= 15 is 0 Å². The first-order chi connectivity index (χ1) is 11.5. The van der Waals surface area contributed by atoms with E-state index in [1.165, 1.54) is 0 Å². The number of halogens is 3. The molecule has 0 N–H and O–H groups in total. The Morgan fingerprint density at radius 1 is 0.500 bits per heavy atom. The number of rotatable bonds is 4. The molecule has 122 valence electrons. The summed E-state index contributed by atoms with van der Waals surface area (Å²) in [5.41, 5.74) is 1.95. The third-order valence-corrected chi connectivity index (χ3v) is 5.47. The predicted molar refractivity (Wildman–Crippen MR) is 93.6 cm³/mol. The first-order valence-electron chi connectivity index (χ1n) is 7.55. The molecule has 0 nitrogen and oxygen atoms in total. The van der Waals surface area contributed by atoms with Crippen LogP contribution in [0.25, 0.3) is 0 Å². The van der Waals surface area contributed by atoms with E-state index in [2.05, 4.69) is 0 Å². The zero-order chi connectivity index (χ0) is 17.0. The summed E-state index contributed by atoms with van der Waals surface area (Å²) in [7, 11) is -1.26. The molecule has 0 aliphatic heterocycles. The molecule has 0 fully saturated rings. The molecule has 3 aromatic rings. The van der Waals surface area contributed by atoms with E-state index in [9.17, 15) is 13.2 Å². The van der Waals surface area contributed by atoms with Crippen LogP contribution in [-0.2, 0) is 5.16 Å². The molecule has 0 saturated carbocycles. The van der Waals surface area contributed by atoms with E-state index < -0.39 is 19.7 Å². The van der Waals surface area contributed by atoms with E-state index in [0.29, 0.717) is 16.7 Å². The SMILES string of the molecule is FC(F)(F)PC(c1ccccc1)(c1ccccc1)c1ccccc1. The van der Waals surface area contributed by atoms with Gasteiger partial charge in [-0.05, 0) is 16.7 Å². The second kappa shape index (κ2) is 6.78. The fourth-order valence-corrected chi connectivity index (χ4v) is 4.35. The smallest absolute Gasteiger partial charge is 0.167 e. The quantitative estimate of drug-likeness (QED) is 0.392. The van der Waals surface area contributed by atoms with Crippen LogP contribution in [0.3, 0.4) is 0 Å². The molecule has 0 aromatic heterocycles. The Bertz CT molecular complexity index is 672. The fraction of sp³-hybridized carbons (Fsp3) is 0.100. The standard InChI is InChI=1S/C20H16F3P/c21-20(22,23)24-19(16-10-4-1-5-11-16,17-12-6-2-7-13-17)18-14-8-3-9-15-18/h1-15,24H. The highest BCUT2D eigenvalue weighted by Crippen LogP contribution is 2.59. The topological polar surface area (TPSA) is 0 Å². The van der Waals surface area contributed by atoms with Gasteiger partial charge in [0, 0.05) is 8.58 Å². The van der Waals surface area contributed by atoms with Gasteiger partial charge in [0.2, 0.25) is 0 Å². The van der Waals surface area contributed by atoms with E-state index in [-0.39, 0.29) is 0 Å².